The van der Waals surface area contributed by atoms with Gasteiger partial charge in [0.15, 0.2) is 0 Å². The monoisotopic (exact) mass is 188 g/mol. The molecule has 0 saturated heterocycles. The van der Waals surface area contributed by atoms with Crippen molar-refractivity contribution in [3.8, 4) is 6.07 Å². The summed E-state index contributed by atoms with van der Waals surface area (Å²) in [6, 6.07) is 9.89. The van der Waals surface area contributed by atoms with Crippen molar-refractivity contribution in [3.05, 3.63) is 29.8 Å². The van der Waals surface area contributed by atoms with E-state index in [0.29, 0.717) is 0 Å². The van der Waals surface area contributed by atoms with E-state index in [4.69, 9.17) is 5.26 Å². The first-order chi connectivity index (χ1) is 6.81. The predicted molar refractivity (Wildman–Crippen MR) is 59.3 cm³/mol. The highest BCUT2D eigenvalue weighted by Crippen LogP contribution is 2.14. The molecule has 0 unspecified atom stereocenters. The summed E-state index contributed by atoms with van der Waals surface area (Å²) in [5.41, 5.74) is 1.93. The molecule has 14 heavy (non-hydrogen) atoms. The molecular weight excluding hydrogens is 172 g/mol. The molecule has 1 aromatic carbocycles. The van der Waals surface area contributed by atoms with Crippen LogP contribution in [0.4, 0.5) is 5.69 Å². The molecule has 0 amide bonds. The summed E-state index contributed by atoms with van der Waals surface area (Å²) in [7, 11) is 0. The molecule has 0 atom stereocenters. The van der Waals surface area contributed by atoms with Crippen LogP contribution in [-0.4, -0.2) is 13.1 Å². The summed E-state index contributed by atoms with van der Waals surface area (Å²) in [6.07, 6.45) is 1.15. The van der Waals surface area contributed by atoms with Crippen molar-refractivity contribution >= 4 is 5.69 Å². The summed E-state index contributed by atoms with van der Waals surface area (Å²) < 4.78 is 0. The minimum atomic E-state index is 0.723. The molecule has 1 rings (SSSR count). The fraction of sp³-hybridized carbons (Fsp3) is 0.417. The van der Waals surface area contributed by atoms with Crippen LogP contribution in [-0.2, 0) is 0 Å². The highest BCUT2D eigenvalue weighted by molar-refractivity contribution is 5.49. The summed E-state index contributed by atoms with van der Waals surface area (Å²) >= 11 is 0. The van der Waals surface area contributed by atoms with Gasteiger partial charge in [-0.15, -0.1) is 0 Å². The standard InChI is InChI=1S/C12H16N2/c1-3-9-14(4-2)12-7-5-11(10-13)6-8-12/h5-8H,3-4,9H2,1-2H3. The van der Waals surface area contributed by atoms with Crippen LogP contribution in [0, 0.1) is 11.3 Å². The molecule has 0 spiro atoms. The van der Waals surface area contributed by atoms with Crippen molar-refractivity contribution < 1.29 is 0 Å². The fourth-order valence-corrected chi connectivity index (χ4v) is 1.49. The Balaban J connectivity index is 2.79. The maximum atomic E-state index is 8.66. The van der Waals surface area contributed by atoms with E-state index in [1.54, 1.807) is 0 Å². The zero-order valence-corrected chi connectivity index (χ0v) is 8.83. The molecule has 0 aliphatic rings. The highest BCUT2D eigenvalue weighted by atomic mass is 15.1. The minimum absolute atomic E-state index is 0.723. The lowest BCUT2D eigenvalue weighted by Crippen LogP contribution is -2.23. The Labute approximate surface area is 85.8 Å². The Morgan fingerprint density at radius 2 is 1.86 bits per heavy atom. The third-order valence-corrected chi connectivity index (χ3v) is 2.24. The van der Waals surface area contributed by atoms with Gasteiger partial charge in [-0.25, -0.2) is 0 Å². The Bertz CT molecular complexity index is 308. The van der Waals surface area contributed by atoms with Gasteiger partial charge in [0, 0.05) is 18.8 Å². The summed E-state index contributed by atoms with van der Waals surface area (Å²) in [5.74, 6) is 0. The smallest absolute Gasteiger partial charge is 0.0991 e. The number of rotatable bonds is 4. The van der Waals surface area contributed by atoms with Crippen LogP contribution in [0.5, 0.6) is 0 Å². The lowest BCUT2D eigenvalue weighted by atomic mass is 10.2. The third kappa shape index (κ3) is 2.50. The van der Waals surface area contributed by atoms with Crippen LogP contribution in [0.25, 0.3) is 0 Å². The van der Waals surface area contributed by atoms with Gasteiger partial charge in [0.2, 0.25) is 0 Å². The second kappa shape index (κ2) is 5.29. The van der Waals surface area contributed by atoms with Crippen LogP contribution in [0.1, 0.15) is 25.8 Å². The van der Waals surface area contributed by atoms with E-state index < -0.39 is 0 Å². The number of hydrogen-bond acceptors (Lipinski definition) is 2. The molecular formula is C12H16N2. The van der Waals surface area contributed by atoms with Gasteiger partial charge in [-0.05, 0) is 37.6 Å². The molecule has 0 aliphatic heterocycles. The molecule has 74 valence electrons. The van der Waals surface area contributed by atoms with Crippen molar-refractivity contribution in [2.45, 2.75) is 20.3 Å². The summed E-state index contributed by atoms with van der Waals surface area (Å²) in [4.78, 5) is 2.31. The van der Waals surface area contributed by atoms with Gasteiger partial charge in [0.1, 0.15) is 0 Å². The number of nitriles is 1. The molecule has 2 nitrogen and oxygen atoms in total. The Morgan fingerprint density at radius 1 is 1.21 bits per heavy atom. The van der Waals surface area contributed by atoms with Gasteiger partial charge >= 0.3 is 0 Å². The van der Waals surface area contributed by atoms with Gasteiger partial charge < -0.3 is 4.90 Å². The molecule has 1 aromatic rings. The van der Waals surface area contributed by atoms with Crippen LogP contribution in [0.3, 0.4) is 0 Å². The molecule has 0 aliphatic carbocycles. The molecule has 2 heteroatoms. The van der Waals surface area contributed by atoms with Crippen molar-refractivity contribution in [1.29, 1.82) is 5.26 Å². The van der Waals surface area contributed by atoms with E-state index in [1.165, 1.54) is 5.69 Å². The molecule has 0 heterocycles. The van der Waals surface area contributed by atoms with Gasteiger partial charge in [0.05, 0.1) is 11.6 Å². The first-order valence-corrected chi connectivity index (χ1v) is 5.07. The molecule has 0 aromatic heterocycles. The lowest BCUT2D eigenvalue weighted by molar-refractivity contribution is 0.792. The first-order valence-electron chi connectivity index (χ1n) is 5.07. The van der Waals surface area contributed by atoms with Crippen LogP contribution >= 0.6 is 0 Å². The first kappa shape index (κ1) is 10.6. The Morgan fingerprint density at radius 3 is 2.29 bits per heavy atom. The topological polar surface area (TPSA) is 27.0 Å². The van der Waals surface area contributed by atoms with E-state index in [0.717, 1.165) is 25.1 Å². The fourth-order valence-electron chi connectivity index (χ4n) is 1.49. The van der Waals surface area contributed by atoms with Gasteiger partial charge in [-0.3, -0.25) is 0 Å². The quantitative estimate of drug-likeness (QED) is 0.726. The van der Waals surface area contributed by atoms with Crippen molar-refractivity contribution in [2.24, 2.45) is 0 Å². The molecule has 0 N–H and O–H groups in total. The maximum Gasteiger partial charge on any atom is 0.0991 e. The number of anilines is 1. The molecule has 0 fully saturated rings. The van der Waals surface area contributed by atoms with Crippen molar-refractivity contribution in [3.63, 3.8) is 0 Å². The van der Waals surface area contributed by atoms with E-state index in [9.17, 15) is 0 Å². The lowest BCUT2D eigenvalue weighted by Gasteiger charge is -2.22. The molecule has 0 saturated carbocycles. The van der Waals surface area contributed by atoms with Crippen molar-refractivity contribution in [1.82, 2.24) is 0 Å². The highest BCUT2D eigenvalue weighted by Gasteiger charge is 2.01. The molecule has 0 radical (unpaired) electrons. The summed E-state index contributed by atoms with van der Waals surface area (Å²) in [5, 5.41) is 8.66. The molecule has 0 bridgehead atoms. The SMILES string of the molecule is CCCN(CC)c1ccc(C#N)cc1. The summed E-state index contributed by atoms with van der Waals surface area (Å²) in [6.45, 7) is 6.41. The third-order valence-electron chi connectivity index (χ3n) is 2.24. The van der Waals surface area contributed by atoms with Crippen LogP contribution in [0.15, 0.2) is 24.3 Å². The second-order valence-corrected chi connectivity index (χ2v) is 3.24. The van der Waals surface area contributed by atoms with Gasteiger partial charge in [-0.2, -0.15) is 5.26 Å². The largest absolute Gasteiger partial charge is 0.372 e. The Hall–Kier alpha value is -1.49. The average molecular weight is 188 g/mol. The van der Waals surface area contributed by atoms with E-state index in [2.05, 4.69) is 24.8 Å². The van der Waals surface area contributed by atoms with E-state index >= 15 is 0 Å². The second-order valence-electron chi connectivity index (χ2n) is 3.24. The van der Waals surface area contributed by atoms with Crippen molar-refractivity contribution in [2.75, 3.05) is 18.0 Å². The van der Waals surface area contributed by atoms with E-state index in [-0.39, 0.29) is 0 Å². The van der Waals surface area contributed by atoms with Crippen LogP contribution in [0.2, 0.25) is 0 Å². The van der Waals surface area contributed by atoms with Gasteiger partial charge in [0.25, 0.3) is 0 Å². The van der Waals surface area contributed by atoms with Gasteiger partial charge in [-0.1, -0.05) is 6.92 Å². The zero-order valence-electron chi connectivity index (χ0n) is 8.83. The number of nitrogens with zero attached hydrogens (tertiary/aromatic N) is 2. The van der Waals surface area contributed by atoms with E-state index in [1.807, 2.05) is 24.3 Å². The zero-order chi connectivity index (χ0) is 10.4. The Kier molecular flexibility index (Phi) is 4.00. The number of hydrogen-bond donors (Lipinski definition) is 0. The number of benzene rings is 1. The normalized spacial score (nSPS) is 9.50. The van der Waals surface area contributed by atoms with Crippen LogP contribution < -0.4 is 4.90 Å². The predicted octanol–water partition coefficient (Wildman–Crippen LogP) is 2.79. The average Bonchev–Trinajstić information content (AvgIpc) is 2.26. The maximum absolute atomic E-state index is 8.66. The minimum Gasteiger partial charge on any atom is -0.372 e.